The van der Waals surface area contributed by atoms with Gasteiger partial charge in [-0.25, -0.2) is 8.42 Å². The highest BCUT2D eigenvalue weighted by Crippen LogP contribution is 2.27. The summed E-state index contributed by atoms with van der Waals surface area (Å²) in [5.41, 5.74) is 5.91. The van der Waals surface area contributed by atoms with E-state index in [0.29, 0.717) is 17.3 Å². The molecule has 2 aromatic rings. The van der Waals surface area contributed by atoms with Crippen LogP contribution in [-0.4, -0.2) is 18.2 Å². The lowest BCUT2D eigenvalue weighted by Crippen LogP contribution is -2.13. The van der Waals surface area contributed by atoms with E-state index in [1.165, 1.54) is 29.1 Å². The smallest absolute Gasteiger partial charge is 0.267 e. The van der Waals surface area contributed by atoms with Gasteiger partial charge in [-0.15, -0.1) is 0 Å². The average molecular weight is 335 g/mol. The van der Waals surface area contributed by atoms with Crippen LogP contribution in [-0.2, 0) is 16.6 Å². The Morgan fingerprint density at radius 2 is 2.05 bits per heavy atom. The molecule has 6 nitrogen and oxygen atoms in total. The van der Waals surface area contributed by atoms with Gasteiger partial charge in [-0.1, -0.05) is 23.2 Å². The number of halogens is 2. The van der Waals surface area contributed by atoms with Crippen molar-refractivity contribution in [3.63, 3.8) is 0 Å². The summed E-state index contributed by atoms with van der Waals surface area (Å²) in [4.78, 5) is -0.0783. The minimum atomic E-state index is -3.82. The van der Waals surface area contributed by atoms with E-state index in [1.54, 1.807) is 0 Å². The molecule has 0 saturated carbocycles. The first-order chi connectivity index (χ1) is 9.33. The lowest BCUT2D eigenvalue weighted by atomic mass is 10.3. The van der Waals surface area contributed by atoms with Gasteiger partial charge in [0.1, 0.15) is 4.90 Å². The Balaban J connectivity index is 2.35. The molecule has 0 aliphatic rings. The van der Waals surface area contributed by atoms with Crippen molar-refractivity contribution in [2.75, 3.05) is 10.5 Å². The molecule has 0 spiro atoms. The van der Waals surface area contributed by atoms with Crippen LogP contribution in [0.4, 0.5) is 11.5 Å². The van der Waals surface area contributed by atoms with Crippen molar-refractivity contribution in [3.8, 4) is 0 Å². The van der Waals surface area contributed by atoms with Gasteiger partial charge in [-0.2, -0.15) is 5.10 Å². The Morgan fingerprint density at radius 1 is 1.35 bits per heavy atom. The van der Waals surface area contributed by atoms with Crippen LogP contribution in [0.25, 0.3) is 0 Å². The number of rotatable bonds is 4. The van der Waals surface area contributed by atoms with Gasteiger partial charge in [0.25, 0.3) is 10.0 Å². The molecular weight excluding hydrogens is 323 g/mol. The van der Waals surface area contributed by atoms with Crippen LogP contribution in [0.1, 0.15) is 6.92 Å². The molecule has 0 amide bonds. The number of benzene rings is 1. The average Bonchev–Trinajstić information content (AvgIpc) is 2.76. The van der Waals surface area contributed by atoms with Crippen LogP contribution in [0.3, 0.4) is 0 Å². The quantitative estimate of drug-likeness (QED) is 0.899. The predicted molar refractivity (Wildman–Crippen MR) is 79.6 cm³/mol. The van der Waals surface area contributed by atoms with Gasteiger partial charge < -0.3 is 5.73 Å². The van der Waals surface area contributed by atoms with E-state index in [1.807, 2.05) is 6.92 Å². The van der Waals surface area contributed by atoms with Crippen LogP contribution in [0.15, 0.2) is 29.3 Å². The highest BCUT2D eigenvalue weighted by Gasteiger charge is 2.21. The summed E-state index contributed by atoms with van der Waals surface area (Å²) in [5, 5.41) is 4.49. The number of nitrogen functional groups attached to an aromatic ring is 1. The molecule has 0 saturated heterocycles. The van der Waals surface area contributed by atoms with Gasteiger partial charge in [-0.3, -0.25) is 9.40 Å². The second-order valence-electron chi connectivity index (χ2n) is 3.97. The number of anilines is 2. The van der Waals surface area contributed by atoms with Crippen molar-refractivity contribution in [3.05, 3.63) is 34.4 Å². The maximum absolute atomic E-state index is 12.2. The third kappa shape index (κ3) is 3.00. The van der Waals surface area contributed by atoms with Crippen molar-refractivity contribution in [1.29, 1.82) is 0 Å². The molecule has 0 aliphatic heterocycles. The monoisotopic (exact) mass is 334 g/mol. The van der Waals surface area contributed by atoms with Crippen LogP contribution in [0.5, 0.6) is 0 Å². The van der Waals surface area contributed by atoms with Crippen LogP contribution in [0, 0.1) is 0 Å². The first-order valence-electron chi connectivity index (χ1n) is 5.64. The molecule has 1 aromatic carbocycles. The van der Waals surface area contributed by atoms with Crippen molar-refractivity contribution in [1.82, 2.24) is 9.78 Å². The molecule has 3 N–H and O–H groups in total. The minimum absolute atomic E-state index is 0.0561. The third-order valence-electron chi connectivity index (χ3n) is 2.54. The van der Waals surface area contributed by atoms with Crippen molar-refractivity contribution < 1.29 is 8.42 Å². The van der Waals surface area contributed by atoms with Gasteiger partial charge in [0.15, 0.2) is 5.82 Å². The van der Waals surface area contributed by atoms with E-state index in [2.05, 4.69) is 9.82 Å². The summed E-state index contributed by atoms with van der Waals surface area (Å²) in [7, 11) is -3.82. The molecule has 1 heterocycles. The Labute approximate surface area is 126 Å². The zero-order valence-electron chi connectivity index (χ0n) is 10.5. The Morgan fingerprint density at radius 3 is 2.60 bits per heavy atom. The number of aryl methyl sites for hydroxylation is 1. The lowest BCUT2D eigenvalue weighted by Gasteiger charge is -2.07. The maximum atomic E-state index is 12.2. The molecule has 2 rings (SSSR count). The van der Waals surface area contributed by atoms with E-state index < -0.39 is 10.0 Å². The second kappa shape index (κ2) is 5.51. The predicted octanol–water partition coefficient (Wildman–Crippen LogP) is 2.59. The highest BCUT2D eigenvalue weighted by molar-refractivity contribution is 7.92. The summed E-state index contributed by atoms with van der Waals surface area (Å²) < 4.78 is 28.3. The van der Waals surface area contributed by atoms with Gasteiger partial charge in [0.05, 0.1) is 15.7 Å². The van der Waals surface area contributed by atoms with Gasteiger partial charge >= 0.3 is 0 Å². The fourth-order valence-corrected chi connectivity index (χ4v) is 2.98. The standard InChI is InChI=1S/C11H12Cl2N4O2S/c1-2-17-6-10(11(14)15-17)20(18,19)16-7-3-4-8(12)9(13)5-7/h3-6,16H,2H2,1H3,(H2,14,15). The zero-order chi connectivity index (χ0) is 14.9. The van der Waals surface area contributed by atoms with Gasteiger partial charge in [-0.05, 0) is 25.1 Å². The topological polar surface area (TPSA) is 90.0 Å². The van der Waals surface area contributed by atoms with E-state index in [9.17, 15) is 8.42 Å². The van der Waals surface area contributed by atoms with Crippen LogP contribution < -0.4 is 10.5 Å². The van der Waals surface area contributed by atoms with Crippen LogP contribution >= 0.6 is 23.2 Å². The Bertz CT molecular complexity index is 743. The van der Waals surface area contributed by atoms with E-state index in [0.717, 1.165) is 0 Å². The number of hydrogen-bond acceptors (Lipinski definition) is 4. The minimum Gasteiger partial charge on any atom is -0.381 e. The summed E-state index contributed by atoms with van der Waals surface area (Å²) in [6.45, 7) is 2.35. The summed E-state index contributed by atoms with van der Waals surface area (Å²) in [5.74, 6) is -0.0561. The Kier molecular flexibility index (Phi) is 4.12. The molecule has 0 atom stereocenters. The Hall–Kier alpha value is -1.44. The number of hydrogen-bond donors (Lipinski definition) is 2. The van der Waals surface area contributed by atoms with Crippen LogP contribution in [0.2, 0.25) is 10.0 Å². The van der Waals surface area contributed by atoms with Gasteiger partial charge in [0.2, 0.25) is 0 Å². The molecule has 0 bridgehead atoms. The largest absolute Gasteiger partial charge is 0.381 e. The molecule has 0 fully saturated rings. The fourth-order valence-electron chi connectivity index (χ4n) is 1.56. The number of nitrogens with zero attached hydrogens (tertiary/aromatic N) is 2. The number of nitrogens with one attached hydrogen (secondary N) is 1. The lowest BCUT2D eigenvalue weighted by molar-refractivity contribution is 0.600. The van der Waals surface area contributed by atoms with E-state index in [-0.39, 0.29) is 15.7 Å². The molecule has 9 heteroatoms. The fraction of sp³-hybridized carbons (Fsp3) is 0.182. The highest BCUT2D eigenvalue weighted by atomic mass is 35.5. The third-order valence-corrected chi connectivity index (χ3v) is 4.68. The number of sulfonamides is 1. The SMILES string of the molecule is CCn1cc(S(=O)(=O)Nc2ccc(Cl)c(Cl)c2)c(N)n1. The normalized spacial score (nSPS) is 11.6. The summed E-state index contributed by atoms with van der Waals surface area (Å²) >= 11 is 11.6. The first-order valence-corrected chi connectivity index (χ1v) is 7.88. The second-order valence-corrected chi connectivity index (χ2v) is 6.43. The molecule has 0 aliphatic carbocycles. The summed E-state index contributed by atoms with van der Waals surface area (Å²) in [6.07, 6.45) is 1.37. The number of nitrogens with two attached hydrogens (primary N) is 1. The van der Waals surface area contributed by atoms with Crippen molar-refractivity contribution in [2.45, 2.75) is 18.4 Å². The molecule has 1 aromatic heterocycles. The molecule has 108 valence electrons. The first kappa shape index (κ1) is 15.0. The van der Waals surface area contributed by atoms with Crippen molar-refractivity contribution >= 4 is 44.7 Å². The molecule has 0 radical (unpaired) electrons. The van der Waals surface area contributed by atoms with E-state index in [4.69, 9.17) is 28.9 Å². The molecule has 20 heavy (non-hydrogen) atoms. The van der Waals surface area contributed by atoms with E-state index >= 15 is 0 Å². The molecular formula is C11H12Cl2N4O2S. The van der Waals surface area contributed by atoms with Gasteiger partial charge in [0, 0.05) is 12.7 Å². The molecule has 0 unspecified atom stereocenters. The van der Waals surface area contributed by atoms with Crippen molar-refractivity contribution in [2.24, 2.45) is 0 Å². The zero-order valence-corrected chi connectivity index (χ0v) is 12.8. The maximum Gasteiger partial charge on any atom is 0.267 e. The number of aromatic nitrogens is 2. The summed E-state index contributed by atoms with van der Waals surface area (Å²) in [6, 6.07) is 4.43.